The average molecular weight is 387 g/mol. The quantitative estimate of drug-likeness (QED) is 0.750. The van der Waals surface area contributed by atoms with Gasteiger partial charge < -0.3 is 24.1 Å². The van der Waals surface area contributed by atoms with Crippen molar-refractivity contribution < 1.29 is 18.7 Å². The van der Waals surface area contributed by atoms with Gasteiger partial charge in [0.15, 0.2) is 5.58 Å². The molecule has 0 spiro atoms. The lowest BCUT2D eigenvalue weighted by Gasteiger charge is -2.31. The van der Waals surface area contributed by atoms with Crippen LogP contribution in [0.15, 0.2) is 22.6 Å². The second-order valence-electron chi connectivity index (χ2n) is 8.00. The Morgan fingerprint density at radius 1 is 1.32 bits per heavy atom. The number of fused-ring (bicyclic) bond motifs is 1. The van der Waals surface area contributed by atoms with E-state index in [-0.39, 0.29) is 18.1 Å². The van der Waals surface area contributed by atoms with E-state index in [0.717, 1.165) is 55.3 Å². The molecule has 7 heteroatoms. The van der Waals surface area contributed by atoms with Crippen LogP contribution in [0.25, 0.3) is 11.1 Å². The highest BCUT2D eigenvalue weighted by molar-refractivity contribution is 5.76. The summed E-state index contributed by atoms with van der Waals surface area (Å²) in [6, 6.07) is 6.56. The van der Waals surface area contributed by atoms with E-state index in [9.17, 15) is 4.79 Å². The third-order valence-electron chi connectivity index (χ3n) is 5.28. The number of ether oxygens (including phenoxy) is 2. The molecule has 1 aromatic heterocycles. The fraction of sp³-hybridized carbons (Fsp3) is 0.619. The minimum atomic E-state index is -0.0250. The van der Waals surface area contributed by atoms with Crippen molar-refractivity contribution in [2.45, 2.75) is 51.7 Å². The molecular weight excluding hydrogens is 358 g/mol. The molecule has 0 bridgehead atoms. The number of benzene rings is 1. The molecule has 2 heterocycles. The Bertz CT molecular complexity index is 809. The van der Waals surface area contributed by atoms with Crippen molar-refractivity contribution in [3.8, 4) is 5.75 Å². The van der Waals surface area contributed by atoms with E-state index in [0.29, 0.717) is 12.6 Å². The molecule has 2 aliphatic rings. The summed E-state index contributed by atoms with van der Waals surface area (Å²) in [5.74, 6) is 1.55. The lowest BCUT2D eigenvalue weighted by molar-refractivity contribution is -0.120. The summed E-state index contributed by atoms with van der Waals surface area (Å²) in [7, 11) is 0. The second-order valence-corrected chi connectivity index (χ2v) is 8.00. The summed E-state index contributed by atoms with van der Waals surface area (Å²) < 4.78 is 17.8. The first-order valence-corrected chi connectivity index (χ1v) is 10.2. The zero-order chi connectivity index (χ0) is 19.5. The van der Waals surface area contributed by atoms with Crippen molar-refractivity contribution in [2.24, 2.45) is 5.92 Å². The van der Waals surface area contributed by atoms with Gasteiger partial charge in [0.1, 0.15) is 11.3 Å². The zero-order valence-corrected chi connectivity index (χ0v) is 16.6. The second kappa shape index (κ2) is 8.39. The van der Waals surface area contributed by atoms with Crippen LogP contribution in [-0.2, 0) is 9.53 Å². The van der Waals surface area contributed by atoms with Crippen LogP contribution in [-0.4, -0.2) is 49.3 Å². The summed E-state index contributed by atoms with van der Waals surface area (Å²) in [6.45, 7) is 6.50. The maximum Gasteiger partial charge on any atom is 0.298 e. The fourth-order valence-corrected chi connectivity index (χ4v) is 3.50. The van der Waals surface area contributed by atoms with Gasteiger partial charge in [-0.15, -0.1) is 0 Å². The molecule has 1 amide bonds. The minimum absolute atomic E-state index is 0.0250. The van der Waals surface area contributed by atoms with Crippen LogP contribution in [0, 0.1) is 5.92 Å². The van der Waals surface area contributed by atoms with Gasteiger partial charge in [-0.05, 0) is 50.7 Å². The number of aromatic nitrogens is 1. The van der Waals surface area contributed by atoms with Crippen LogP contribution in [0.3, 0.4) is 0 Å². The van der Waals surface area contributed by atoms with Crippen LogP contribution in [0.1, 0.15) is 39.5 Å². The molecule has 1 unspecified atom stereocenters. The van der Waals surface area contributed by atoms with Crippen LogP contribution >= 0.6 is 0 Å². The topological polar surface area (TPSA) is 76.8 Å². The number of carbonyl (C=O) groups is 1. The maximum absolute atomic E-state index is 11.1. The molecule has 1 saturated carbocycles. The van der Waals surface area contributed by atoms with Gasteiger partial charge in [0.2, 0.25) is 5.91 Å². The van der Waals surface area contributed by atoms with Gasteiger partial charge >= 0.3 is 0 Å². The number of piperidine rings is 1. The third kappa shape index (κ3) is 4.95. The Labute approximate surface area is 165 Å². The first kappa shape index (κ1) is 19.1. The van der Waals surface area contributed by atoms with E-state index in [1.54, 1.807) is 0 Å². The van der Waals surface area contributed by atoms with E-state index in [4.69, 9.17) is 13.9 Å². The van der Waals surface area contributed by atoms with Crippen molar-refractivity contribution in [3.63, 3.8) is 0 Å². The first-order valence-electron chi connectivity index (χ1n) is 10.2. The molecular formula is C21H29N3O4. The average Bonchev–Trinajstić information content (AvgIpc) is 3.41. The third-order valence-corrected chi connectivity index (χ3v) is 5.28. The van der Waals surface area contributed by atoms with E-state index in [1.807, 2.05) is 25.1 Å². The summed E-state index contributed by atoms with van der Waals surface area (Å²) in [5.41, 5.74) is 1.63. The molecule has 2 fully saturated rings. The summed E-state index contributed by atoms with van der Waals surface area (Å²) in [5, 5.41) is 2.85. The molecule has 7 nitrogen and oxygen atoms in total. The summed E-state index contributed by atoms with van der Waals surface area (Å²) in [4.78, 5) is 17.9. The number of rotatable bonds is 8. The van der Waals surface area contributed by atoms with Crippen molar-refractivity contribution in [2.75, 3.05) is 31.2 Å². The standard InChI is InChI=1S/C21H29N3O4/c1-14(22-15(2)25)12-26-17-7-9-24(10-8-17)21-23-19-6-5-18(11-20(19)28-21)27-13-16-3-4-16/h5-6,11,14,16-17H,3-4,7-10,12-13H2,1-2H3,(H,22,25). The Morgan fingerprint density at radius 2 is 2.11 bits per heavy atom. The Hall–Kier alpha value is -2.28. The zero-order valence-electron chi connectivity index (χ0n) is 16.6. The Morgan fingerprint density at radius 3 is 2.82 bits per heavy atom. The molecule has 1 atom stereocenters. The van der Waals surface area contributed by atoms with Gasteiger partial charge in [0.05, 0.1) is 19.3 Å². The van der Waals surface area contributed by atoms with Gasteiger partial charge in [-0.25, -0.2) is 0 Å². The molecule has 1 N–H and O–H groups in total. The monoisotopic (exact) mass is 387 g/mol. The lowest BCUT2D eigenvalue weighted by Crippen LogP contribution is -2.40. The number of anilines is 1. The summed E-state index contributed by atoms with van der Waals surface area (Å²) >= 11 is 0. The summed E-state index contributed by atoms with van der Waals surface area (Å²) in [6.07, 6.45) is 4.60. The highest BCUT2D eigenvalue weighted by atomic mass is 16.5. The number of oxazole rings is 1. The van der Waals surface area contributed by atoms with Crippen LogP contribution in [0.4, 0.5) is 6.01 Å². The largest absolute Gasteiger partial charge is 0.493 e. The highest BCUT2D eigenvalue weighted by Gasteiger charge is 2.24. The fourth-order valence-electron chi connectivity index (χ4n) is 3.50. The first-order chi connectivity index (χ1) is 13.6. The highest BCUT2D eigenvalue weighted by Crippen LogP contribution is 2.31. The lowest BCUT2D eigenvalue weighted by atomic mass is 10.1. The molecule has 2 aromatic rings. The van der Waals surface area contributed by atoms with Crippen molar-refractivity contribution in [1.82, 2.24) is 10.3 Å². The van der Waals surface area contributed by atoms with Crippen LogP contribution in [0.2, 0.25) is 0 Å². The van der Waals surface area contributed by atoms with Gasteiger partial charge in [0, 0.05) is 32.1 Å². The van der Waals surface area contributed by atoms with E-state index in [2.05, 4.69) is 15.2 Å². The predicted molar refractivity (Wildman–Crippen MR) is 107 cm³/mol. The van der Waals surface area contributed by atoms with Gasteiger partial charge in [0.25, 0.3) is 6.01 Å². The van der Waals surface area contributed by atoms with Gasteiger partial charge in [-0.2, -0.15) is 4.98 Å². The molecule has 1 aliphatic carbocycles. The molecule has 1 saturated heterocycles. The number of nitrogens with zero attached hydrogens (tertiary/aromatic N) is 2. The SMILES string of the molecule is CC(=O)NC(C)COC1CCN(c2nc3ccc(OCC4CC4)cc3o2)CC1. The van der Waals surface area contributed by atoms with E-state index < -0.39 is 0 Å². The number of hydrogen-bond donors (Lipinski definition) is 1. The molecule has 0 radical (unpaired) electrons. The van der Waals surface area contributed by atoms with Gasteiger partial charge in [-0.3, -0.25) is 4.79 Å². The number of carbonyl (C=O) groups excluding carboxylic acids is 1. The smallest absolute Gasteiger partial charge is 0.298 e. The number of hydrogen-bond acceptors (Lipinski definition) is 6. The van der Waals surface area contributed by atoms with Crippen LogP contribution < -0.4 is 15.0 Å². The van der Waals surface area contributed by atoms with Crippen molar-refractivity contribution >= 4 is 23.0 Å². The van der Waals surface area contributed by atoms with Crippen LogP contribution in [0.5, 0.6) is 5.75 Å². The molecule has 152 valence electrons. The predicted octanol–water partition coefficient (Wildman–Crippen LogP) is 3.13. The van der Waals surface area contributed by atoms with Crippen molar-refractivity contribution in [3.05, 3.63) is 18.2 Å². The number of amides is 1. The van der Waals surface area contributed by atoms with E-state index >= 15 is 0 Å². The molecule has 4 rings (SSSR count). The minimum Gasteiger partial charge on any atom is -0.493 e. The molecule has 1 aromatic carbocycles. The van der Waals surface area contributed by atoms with Crippen molar-refractivity contribution in [1.29, 1.82) is 0 Å². The van der Waals surface area contributed by atoms with Gasteiger partial charge in [-0.1, -0.05) is 0 Å². The molecule has 28 heavy (non-hydrogen) atoms. The Balaban J connectivity index is 1.29. The van der Waals surface area contributed by atoms with E-state index in [1.165, 1.54) is 19.8 Å². The maximum atomic E-state index is 11.1. The molecule has 1 aliphatic heterocycles. The Kier molecular flexibility index (Phi) is 5.71. The number of nitrogens with one attached hydrogen (secondary N) is 1. The normalized spacial score (nSPS) is 19.0.